The number of benzene rings is 6. The van der Waals surface area contributed by atoms with Crippen LogP contribution in [0.1, 0.15) is 102 Å². The first-order chi connectivity index (χ1) is 25.7. The lowest BCUT2D eigenvalue weighted by atomic mass is 9.94. The molecule has 264 valence electrons. The fraction of sp³-hybridized carbons (Fsp3) is 0.320. The van der Waals surface area contributed by atoms with E-state index in [1.165, 1.54) is 174 Å². The Kier molecular flexibility index (Phi) is 11.0. The predicted molar refractivity (Wildman–Crippen MR) is 235 cm³/mol. The number of aryl methyl sites for hydroxylation is 2. The number of rotatable bonds is 16. The Balaban J connectivity index is 1.06. The molecule has 0 bridgehead atoms. The lowest BCUT2D eigenvalue weighted by molar-refractivity contribution is 0.607. The summed E-state index contributed by atoms with van der Waals surface area (Å²) in [7, 11) is 0. The van der Waals surface area contributed by atoms with Gasteiger partial charge in [-0.3, -0.25) is 0 Å². The Morgan fingerprint density at radius 1 is 0.346 bits per heavy atom. The van der Waals surface area contributed by atoms with Crippen molar-refractivity contribution in [2.45, 2.75) is 104 Å². The molecule has 0 N–H and O–H groups in total. The van der Waals surface area contributed by atoms with Gasteiger partial charge in [0, 0.05) is 29.9 Å². The highest BCUT2D eigenvalue weighted by Crippen LogP contribution is 2.43. The molecule has 0 amide bonds. The lowest BCUT2D eigenvalue weighted by Gasteiger charge is -2.09. The van der Waals surface area contributed by atoms with E-state index in [0.29, 0.717) is 0 Å². The summed E-state index contributed by atoms with van der Waals surface area (Å²) in [5.41, 5.74) is 5.65. The summed E-state index contributed by atoms with van der Waals surface area (Å²) in [5, 5.41) is 10.8. The molecule has 0 atom stereocenters. The van der Waals surface area contributed by atoms with E-state index < -0.39 is 0 Å². The average Bonchev–Trinajstić information content (AvgIpc) is 3.83. The third kappa shape index (κ3) is 7.43. The molecule has 52 heavy (non-hydrogen) atoms. The second-order valence-electron chi connectivity index (χ2n) is 15.0. The topological polar surface area (TPSA) is 0 Å². The average molecular weight is 717 g/mol. The second-order valence-corrected chi connectivity index (χ2v) is 17.2. The summed E-state index contributed by atoms with van der Waals surface area (Å²) in [4.78, 5) is 2.74. The summed E-state index contributed by atoms with van der Waals surface area (Å²) in [5.74, 6) is 0. The molecule has 2 aromatic heterocycles. The molecule has 0 aliphatic heterocycles. The molecule has 0 nitrogen and oxygen atoms in total. The van der Waals surface area contributed by atoms with Crippen molar-refractivity contribution < 1.29 is 0 Å². The number of thiophene rings is 2. The fourth-order valence-corrected chi connectivity index (χ4v) is 10.5. The van der Waals surface area contributed by atoms with Gasteiger partial charge in [0.15, 0.2) is 0 Å². The van der Waals surface area contributed by atoms with E-state index in [2.05, 4.69) is 123 Å². The van der Waals surface area contributed by atoms with Crippen LogP contribution in [0.25, 0.3) is 73.4 Å². The first kappa shape index (κ1) is 35.1. The zero-order valence-corrected chi connectivity index (χ0v) is 32.7. The Labute approximate surface area is 318 Å². The minimum atomic E-state index is 1.18. The first-order valence-corrected chi connectivity index (χ1v) is 21.8. The molecule has 0 unspecified atom stereocenters. The molecule has 2 heteroatoms. The molecule has 0 aliphatic rings. The van der Waals surface area contributed by atoms with E-state index in [-0.39, 0.29) is 0 Å². The Morgan fingerprint density at radius 3 is 1.13 bits per heavy atom. The van der Waals surface area contributed by atoms with Crippen molar-refractivity contribution >= 4 is 75.2 Å². The van der Waals surface area contributed by atoms with Crippen LogP contribution in [0, 0.1) is 0 Å². The van der Waals surface area contributed by atoms with E-state index in [1.54, 1.807) is 0 Å². The van der Waals surface area contributed by atoms with Crippen molar-refractivity contribution in [1.82, 2.24) is 0 Å². The van der Waals surface area contributed by atoms with Gasteiger partial charge in [0.2, 0.25) is 0 Å². The maximum Gasteiger partial charge on any atom is 0.0355 e. The minimum Gasteiger partial charge on any atom is -0.135 e. The molecule has 6 aromatic carbocycles. The lowest BCUT2D eigenvalue weighted by Crippen LogP contribution is -1.87. The third-order valence-corrected chi connectivity index (χ3v) is 13.5. The quantitative estimate of drug-likeness (QED) is 0.0690. The maximum atomic E-state index is 2.44. The highest BCUT2D eigenvalue weighted by Gasteiger charge is 2.14. The molecule has 0 fully saturated rings. The molecule has 0 spiro atoms. The predicted octanol–water partition coefficient (Wildman–Crippen LogP) is 16.7. The van der Waals surface area contributed by atoms with Gasteiger partial charge in [0.05, 0.1) is 0 Å². The van der Waals surface area contributed by atoms with Gasteiger partial charge in [0.25, 0.3) is 0 Å². The van der Waals surface area contributed by atoms with Crippen LogP contribution in [0.5, 0.6) is 0 Å². The third-order valence-electron chi connectivity index (χ3n) is 11.2. The Bertz CT molecular complexity index is 2280. The maximum absolute atomic E-state index is 2.44. The number of hydrogen-bond donors (Lipinski definition) is 0. The van der Waals surface area contributed by atoms with Crippen LogP contribution in [0.2, 0.25) is 0 Å². The monoisotopic (exact) mass is 716 g/mol. The molecule has 2 heterocycles. The fourth-order valence-electron chi connectivity index (χ4n) is 8.34. The van der Waals surface area contributed by atoms with Gasteiger partial charge in [0.1, 0.15) is 0 Å². The van der Waals surface area contributed by atoms with E-state index in [4.69, 9.17) is 0 Å². The van der Waals surface area contributed by atoms with Crippen molar-refractivity contribution in [2.24, 2.45) is 0 Å². The van der Waals surface area contributed by atoms with Gasteiger partial charge in [-0.15, -0.1) is 22.7 Å². The van der Waals surface area contributed by atoms with Crippen molar-refractivity contribution in [3.8, 4) is 20.9 Å². The molecule has 0 aliphatic carbocycles. The standard InChI is InChI=1S/C50H52S2/c1-3-5-7-9-11-13-17-35-19-15-21-37(31-35)49-33-45-43-25-23-40-39(41(43)27-29-47(45)51-49)24-26-44-42(40)28-30-48-46(44)34-50(52-48)38-22-16-20-36(32-38)18-14-12-10-8-6-4-2/h15-16,19-34H,3-14,17-18H2,1-2H3. The van der Waals surface area contributed by atoms with Crippen LogP contribution in [0.15, 0.2) is 109 Å². The van der Waals surface area contributed by atoms with Crippen LogP contribution < -0.4 is 0 Å². The van der Waals surface area contributed by atoms with Gasteiger partial charge < -0.3 is 0 Å². The second kappa shape index (κ2) is 16.4. The van der Waals surface area contributed by atoms with Crippen LogP contribution in [-0.2, 0) is 12.8 Å². The molecule has 0 saturated carbocycles. The zero-order chi connectivity index (χ0) is 35.3. The molecular weight excluding hydrogens is 665 g/mol. The SMILES string of the molecule is CCCCCCCCc1cccc(-c2cc3c(ccc4c3ccc3c5ccc6sc(-c7cccc(CCCCCCCC)c7)cc6c5ccc43)s2)c1. The summed E-state index contributed by atoms with van der Waals surface area (Å²) < 4.78 is 2.74. The number of fused-ring (bicyclic) bond motifs is 9. The molecular formula is C50H52S2. The van der Waals surface area contributed by atoms with Crippen molar-refractivity contribution in [2.75, 3.05) is 0 Å². The molecule has 8 rings (SSSR count). The van der Waals surface area contributed by atoms with Crippen molar-refractivity contribution in [3.63, 3.8) is 0 Å². The summed E-state index contributed by atoms with van der Waals surface area (Å²) in [6.07, 6.45) is 18.5. The van der Waals surface area contributed by atoms with Crippen LogP contribution >= 0.6 is 22.7 Å². The van der Waals surface area contributed by atoms with E-state index in [0.717, 1.165) is 0 Å². The zero-order valence-electron chi connectivity index (χ0n) is 31.1. The van der Waals surface area contributed by atoms with Gasteiger partial charge in [-0.1, -0.05) is 163 Å². The van der Waals surface area contributed by atoms with Gasteiger partial charge in [-0.2, -0.15) is 0 Å². The summed E-state index contributed by atoms with van der Waals surface area (Å²) in [6, 6.07) is 42.4. The van der Waals surface area contributed by atoms with Crippen LogP contribution in [0.3, 0.4) is 0 Å². The minimum absolute atomic E-state index is 1.18. The summed E-state index contributed by atoms with van der Waals surface area (Å²) >= 11 is 3.86. The largest absolute Gasteiger partial charge is 0.135 e. The Morgan fingerprint density at radius 2 is 0.712 bits per heavy atom. The highest BCUT2D eigenvalue weighted by atomic mass is 32.1. The normalized spacial score (nSPS) is 12.0. The smallest absolute Gasteiger partial charge is 0.0355 e. The van der Waals surface area contributed by atoms with E-state index >= 15 is 0 Å². The first-order valence-electron chi connectivity index (χ1n) is 20.1. The Hall–Kier alpha value is -3.98. The highest BCUT2D eigenvalue weighted by molar-refractivity contribution is 7.22. The van der Waals surface area contributed by atoms with E-state index in [9.17, 15) is 0 Å². The van der Waals surface area contributed by atoms with Crippen molar-refractivity contribution in [3.05, 3.63) is 120 Å². The molecule has 0 saturated heterocycles. The summed E-state index contributed by atoms with van der Waals surface area (Å²) in [6.45, 7) is 4.58. The van der Waals surface area contributed by atoms with Crippen molar-refractivity contribution in [1.29, 1.82) is 0 Å². The number of hydrogen-bond acceptors (Lipinski definition) is 2. The molecule has 8 aromatic rings. The van der Waals surface area contributed by atoms with Gasteiger partial charge in [-0.05, 0) is 105 Å². The van der Waals surface area contributed by atoms with Crippen LogP contribution in [0.4, 0.5) is 0 Å². The number of unbranched alkanes of at least 4 members (excludes halogenated alkanes) is 10. The van der Waals surface area contributed by atoms with Gasteiger partial charge >= 0.3 is 0 Å². The molecule has 0 radical (unpaired) electrons. The van der Waals surface area contributed by atoms with Gasteiger partial charge in [-0.25, -0.2) is 0 Å². The van der Waals surface area contributed by atoms with Crippen LogP contribution in [-0.4, -0.2) is 0 Å². The van der Waals surface area contributed by atoms with E-state index in [1.807, 2.05) is 22.7 Å².